The maximum Gasteiger partial charge on any atom is 0.303 e. The first-order valence-electron chi connectivity index (χ1n) is 7.01. The van der Waals surface area contributed by atoms with Gasteiger partial charge < -0.3 is 9.94 Å². The summed E-state index contributed by atoms with van der Waals surface area (Å²) in [4.78, 5) is 15.8. The highest BCUT2D eigenvalue weighted by atomic mass is 16.6. The smallest absolute Gasteiger partial charge is 0.303 e. The first-order chi connectivity index (χ1) is 10.8. The molecule has 0 saturated heterocycles. The molecule has 0 bridgehead atoms. The van der Waals surface area contributed by atoms with Gasteiger partial charge in [-0.3, -0.25) is 4.79 Å². The van der Waals surface area contributed by atoms with E-state index in [2.05, 4.69) is 15.4 Å². The number of carbonyl (C=O) groups is 1. The summed E-state index contributed by atoms with van der Waals surface area (Å²) in [7, 11) is 0. The number of oxime groups is 1. The molecule has 0 aliphatic rings. The number of hydrogen-bond donors (Lipinski definition) is 1. The van der Waals surface area contributed by atoms with Crippen molar-refractivity contribution in [2.45, 2.75) is 19.3 Å². The normalized spacial score (nSPS) is 11.2. The van der Waals surface area contributed by atoms with Crippen LogP contribution in [0.2, 0.25) is 0 Å². The zero-order valence-corrected chi connectivity index (χ0v) is 12.1. The molecule has 1 aromatic carbocycles. The van der Waals surface area contributed by atoms with Gasteiger partial charge in [0, 0.05) is 17.5 Å². The Balaban J connectivity index is 2.02. The maximum absolute atomic E-state index is 10.4. The van der Waals surface area contributed by atoms with E-state index in [9.17, 15) is 4.79 Å². The van der Waals surface area contributed by atoms with Crippen molar-refractivity contribution in [3.05, 3.63) is 59.9 Å². The summed E-state index contributed by atoms with van der Waals surface area (Å²) in [6.07, 6.45) is 4.59. The molecule has 22 heavy (non-hydrogen) atoms. The number of unbranched alkanes of at least 4 members (excludes halogenated alkanes) is 1. The van der Waals surface area contributed by atoms with E-state index >= 15 is 0 Å². The molecule has 1 N–H and O–H groups in total. The third-order valence-corrected chi connectivity index (χ3v) is 2.94. The quantitative estimate of drug-likeness (QED) is 0.460. The van der Waals surface area contributed by atoms with E-state index in [1.165, 1.54) is 0 Å². The van der Waals surface area contributed by atoms with Crippen LogP contribution in [-0.4, -0.2) is 33.6 Å². The van der Waals surface area contributed by atoms with E-state index < -0.39 is 5.97 Å². The number of nitrogens with zero attached hydrogens (tertiary/aromatic N) is 3. The van der Waals surface area contributed by atoms with Crippen molar-refractivity contribution in [1.29, 1.82) is 0 Å². The van der Waals surface area contributed by atoms with Crippen LogP contribution in [-0.2, 0) is 9.63 Å². The summed E-state index contributed by atoms with van der Waals surface area (Å²) < 4.78 is 0. The molecule has 6 nitrogen and oxygen atoms in total. The fraction of sp³-hybridized carbons (Fsp3) is 0.250. The molecule has 2 aromatic rings. The molecule has 1 heterocycles. The molecule has 114 valence electrons. The van der Waals surface area contributed by atoms with Gasteiger partial charge in [0.1, 0.15) is 12.3 Å². The van der Waals surface area contributed by atoms with Crippen molar-refractivity contribution in [2.24, 2.45) is 5.16 Å². The van der Waals surface area contributed by atoms with Gasteiger partial charge in [0.15, 0.2) is 0 Å². The van der Waals surface area contributed by atoms with Crippen LogP contribution < -0.4 is 0 Å². The summed E-state index contributed by atoms with van der Waals surface area (Å²) in [5.41, 5.74) is 2.40. The molecular formula is C16H17N3O3. The van der Waals surface area contributed by atoms with Crippen LogP contribution in [0.15, 0.2) is 53.9 Å². The highest BCUT2D eigenvalue weighted by Crippen LogP contribution is 2.10. The molecule has 0 amide bonds. The second-order valence-corrected chi connectivity index (χ2v) is 4.62. The lowest BCUT2D eigenvalue weighted by atomic mass is 10.1. The first-order valence-corrected chi connectivity index (χ1v) is 7.01. The second-order valence-electron chi connectivity index (χ2n) is 4.62. The zero-order chi connectivity index (χ0) is 15.6. The van der Waals surface area contributed by atoms with Gasteiger partial charge in [0.25, 0.3) is 0 Å². The molecule has 1 aromatic heterocycles. The summed E-state index contributed by atoms with van der Waals surface area (Å²) in [5, 5.41) is 20.4. The molecule has 6 heteroatoms. The van der Waals surface area contributed by atoms with Crippen LogP contribution in [0, 0.1) is 0 Å². The van der Waals surface area contributed by atoms with Gasteiger partial charge in [-0.1, -0.05) is 35.5 Å². The molecule has 0 saturated carbocycles. The number of benzene rings is 1. The van der Waals surface area contributed by atoms with Crippen LogP contribution >= 0.6 is 0 Å². The number of rotatable bonds is 8. The topological polar surface area (TPSA) is 84.7 Å². The number of carboxylic acids is 1. The Morgan fingerprint density at radius 1 is 1.09 bits per heavy atom. The minimum absolute atomic E-state index is 0.146. The van der Waals surface area contributed by atoms with E-state index in [-0.39, 0.29) is 6.42 Å². The molecule has 0 atom stereocenters. The highest BCUT2D eigenvalue weighted by Gasteiger charge is 2.08. The molecule has 0 radical (unpaired) electrons. The summed E-state index contributed by atoms with van der Waals surface area (Å²) in [5.74, 6) is -0.795. The Hall–Kier alpha value is -2.76. The first kappa shape index (κ1) is 15.6. The molecule has 0 spiro atoms. The zero-order valence-electron chi connectivity index (χ0n) is 12.1. The van der Waals surface area contributed by atoms with Crippen LogP contribution in [0.5, 0.6) is 0 Å². The minimum atomic E-state index is -0.795. The number of hydrogen-bond acceptors (Lipinski definition) is 5. The van der Waals surface area contributed by atoms with Gasteiger partial charge in [-0.05, 0) is 18.9 Å². The van der Waals surface area contributed by atoms with Crippen LogP contribution in [0.1, 0.15) is 30.4 Å². The van der Waals surface area contributed by atoms with Crippen molar-refractivity contribution < 1.29 is 14.7 Å². The predicted molar refractivity (Wildman–Crippen MR) is 81.6 cm³/mol. The Morgan fingerprint density at radius 2 is 1.91 bits per heavy atom. The van der Waals surface area contributed by atoms with E-state index in [0.717, 1.165) is 11.1 Å². The van der Waals surface area contributed by atoms with Crippen molar-refractivity contribution in [1.82, 2.24) is 10.2 Å². The van der Waals surface area contributed by atoms with Crippen molar-refractivity contribution >= 4 is 11.7 Å². The van der Waals surface area contributed by atoms with Gasteiger partial charge in [0.05, 0.1) is 12.4 Å². The van der Waals surface area contributed by atoms with Crippen molar-refractivity contribution in [3.63, 3.8) is 0 Å². The lowest BCUT2D eigenvalue weighted by Crippen LogP contribution is -2.06. The second kappa shape index (κ2) is 8.51. The van der Waals surface area contributed by atoms with E-state index in [0.29, 0.717) is 25.2 Å². The average Bonchev–Trinajstić information content (AvgIpc) is 2.55. The van der Waals surface area contributed by atoms with Crippen molar-refractivity contribution in [2.75, 3.05) is 6.61 Å². The largest absolute Gasteiger partial charge is 0.481 e. The lowest BCUT2D eigenvalue weighted by Gasteiger charge is -2.06. The SMILES string of the molecule is O=C(O)CCCCO/N=C(/c1ccccc1)c1ccnnc1. The third-order valence-electron chi connectivity index (χ3n) is 2.94. The fourth-order valence-corrected chi connectivity index (χ4v) is 1.85. The predicted octanol–water partition coefficient (Wildman–Crippen LogP) is 2.50. The molecule has 0 aliphatic carbocycles. The van der Waals surface area contributed by atoms with Gasteiger partial charge in [-0.15, -0.1) is 0 Å². The van der Waals surface area contributed by atoms with Gasteiger partial charge >= 0.3 is 5.97 Å². The Morgan fingerprint density at radius 3 is 2.59 bits per heavy atom. The molecule has 2 rings (SSSR count). The van der Waals surface area contributed by atoms with E-state index in [1.54, 1.807) is 12.4 Å². The Kier molecular flexibility index (Phi) is 6.04. The number of carboxylic acid groups (broad SMARTS) is 1. The number of aliphatic carboxylic acids is 1. The van der Waals surface area contributed by atoms with Gasteiger partial charge in [-0.2, -0.15) is 10.2 Å². The van der Waals surface area contributed by atoms with E-state index in [4.69, 9.17) is 9.94 Å². The average molecular weight is 299 g/mol. The highest BCUT2D eigenvalue weighted by molar-refractivity contribution is 6.12. The van der Waals surface area contributed by atoms with Crippen LogP contribution in [0.3, 0.4) is 0 Å². The fourth-order valence-electron chi connectivity index (χ4n) is 1.85. The van der Waals surface area contributed by atoms with Gasteiger partial charge in [0.2, 0.25) is 0 Å². The van der Waals surface area contributed by atoms with E-state index in [1.807, 2.05) is 36.4 Å². The third kappa shape index (κ3) is 4.97. The molecule has 0 unspecified atom stereocenters. The Labute approximate surface area is 128 Å². The standard InChI is InChI=1S/C16H17N3O3/c20-15(21)8-4-5-11-22-19-16(13-6-2-1-3-7-13)14-9-10-17-18-12-14/h1-3,6-7,9-10,12H,4-5,8,11H2,(H,20,21)/b19-16-. The molecule has 0 aliphatic heterocycles. The van der Waals surface area contributed by atoms with Crippen molar-refractivity contribution in [3.8, 4) is 0 Å². The Bertz CT molecular complexity index is 574. The lowest BCUT2D eigenvalue weighted by molar-refractivity contribution is -0.137. The van der Waals surface area contributed by atoms with Crippen LogP contribution in [0.25, 0.3) is 0 Å². The molecular weight excluding hydrogens is 282 g/mol. The molecule has 0 fully saturated rings. The maximum atomic E-state index is 10.4. The number of aromatic nitrogens is 2. The monoisotopic (exact) mass is 299 g/mol. The minimum Gasteiger partial charge on any atom is -0.481 e. The summed E-state index contributed by atoms with van der Waals surface area (Å²) in [6, 6.07) is 11.5. The summed E-state index contributed by atoms with van der Waals surface area (Å²) >= 11 is 0. The van der Waals surface area contributed by atoms with Gasteiger partial charge in [-0.25, -0.2) is 0 Å². The van der Waals surface area contributed by atoms with Crippen LogP contribution in [0.4, 0.5) is 0 Å². The summed E-state index contributed by atoms with van der Waals surface area (Å²) in [6.45, 7) is 0.377.